The minimum atomic E-state index is -0.976. The molecule has 1 aromatic carbocycles. The van der Waals surface area contributed by atoms with E-state index in [1.165, 1.54) is 10.7 Å². The van der Waals surface area contributed by atoms with Gasteiger partial charge in [-0.1, -0.05) is 12.1 Å². The van der Waals surface area contributed by atoms with Crippen molar-refractivity contribution >= 4 is 17.2 Å². The Labute approximate surface area is 179 Å². The SMILES string of the molecule is CCOc1ccccc1-c1nn(CC(C)(C)O)cc1NC(=O)c1cnn2cccnc12. The molecule has 9 nitrogen and oxygen atoms in total. The van der Waals surface area contributed by atoms with E-state index in [2.05, 4.69) is 20.5 Å². The van der Waals surface area contributed by atoms with Gasteiger partial charge < -0.3 is 15.2 Å². The molecule has 4 aromatic rings. The van der Waals surface area contributed by atoms with Gasteiger partial charge in [0.05, 0.1) is 30.6 Å². The predicted octanol–water partition coefficient (Wildman–Crippen LogP) is 3.01. The second kappa shape index (κ2) is 8.19. The fraction of sp³-hybridized carbons (Fsp3) is 0.273. The van der Waals surface area contributed by atoms with Crippen LogP contribution >= 0.6 is 0 Å². The molecule has 3 aromatic heterocycles. The summed E-state index contributed by atoms with van der Waals surface area (Å²) in [6.45, 7) is 6.06. The summed E-state index contributed by atoms with van der Waals surface area (Å²) in [6.07, 6.45) is 6.52. The molecule has 0 bridgehead atoms. The Kier molecular flexibility index (Phi) is 5.43. The van der Waals surface area contributed by atoms with E-state index in [-0.39, 0.29) is 12.5 Å². The highest BCUT2D eigenvalue weighted by Gasteiger charge is 2.22. The first-order valence-electron chi connectivity index (χ1n) is 9.97. The van der Waals surface area contributed by atoms with Gasteiger partial charge in [-0.15, -0.1) is 0 Å². The van der Waals surface area contributed by atoms with Gasteiger partial charge in [0.15, 0.2) is 5.65 Å². The van der Waals surface area contributed by atoms with Crippen molar-refractivity contribution in [1.29, 1.82) is 0 Å². The van der Waals surface area contributed by atoms with Crippen molar-refractivity contribution < 1.29 is 14.6 Å². The molecule has 31 heavy (non-hydrogen) atoms. The average molecular weight is 420 g/mol. The zero-order valence-corrected chi connectivity index (χ0v) is 17.6. The molecule has 0 radical (unpaired) electrons. The summed E-state index contributed by atoms with van der Waals surface area (Å²) in [7, 11) is 0. The Bertz CT molecular complexity index is 1220. The standard InChI is InChI=1S/C22H24N6O3/c1-4-31-18-9-6-5-8-15(18)19-17(13-27(26-19)14-22(2,3)30)25-21(29)16-12-24-28-11-7-10-23-20(16)28/h5-13,30H,4,14H2,1-3H3,(H,25,29). The predicted molar refractivity (Wildman–Crippen MR) is 116 cm³/mol. The summed E-state index contributed by atoms with van der Waals surface area (Å²) < 4.78 is 8.91. The maximum absolute atomic E-state index is 13.1. The number of aliphatic hydroxyl groups is 1. The third-order valence-corrected chi connectivity index (χ3v) is 4.52. The maximum Gasteiger partial charge on any atom is 0.261 e. The first-order valence-corrected chi connectivity index (χ1v) is 9.97. The number of carbonyl (C=O) groups excluding carboxylic acids is 1. The third-order valence-electron chi connectivity index (χ3n) is 4.52. The van der Waals surface area contributed by atoms with Gasteiger partial charge in [-0.3, -0.25) is 9.48 Å². The Balaban J connectivity index is 1.75. The van der Waals surface area contributed by atoms with Crippen LogP contribution in [-0.4, -0.2) is 47.6 Å². The van der Waals surface area contributed by atoms with Crippen LogP contribution in [0.15, 0.2) is 55.1 Å². The van der Waals surface area contributed by atoms with Gasteiger partial charge in [-0.05, 0) is 39.0 Å². The second-order valence-corrected chi connectivity index (χ2v) is 7.73. The second-order valence-electron chi connectivity index (χ2n) is 7.73. The highest BCUT2D eigenvalue weighted by molar-refractivity contribution is 6.09. The molecule has 1 amide bonds. The van der Waals surface area contributed by atoms with Crippen molar-refractivity contribution in [2.45, 2.75) is 32.9 Å². The van der Waals surface area contributed by atoms with Crippen LogP contribution in [0.2, 0.25) is 0 Å². The van der Waals surface area contributed by atoms with E-state index < -0.39 is 5.60 Å². The van der Waals surface area contributed by atoms with Crippen LogP contribution in [0.25, 0.3) is 16.9 Å². The Hall–Kier alpha value is -3.72. The topological polar surface area (TPSA) is 107 Å². The minimum absolute atomic E-state index is 0.255. The summed E-state index contributed by atoms with van der Waals surface area (Å²) in [5.74, 6) is 0.304. The largest absolute Gasteiger partial charge is 0.493 e. The number of fused-ring (bicyclic) bond motifs is 1. The highest BCUT2D eigenvalue weighted by Crippen LogP contribution is 2.34. The van der Waals surface area contributed by atoms with Crippen molar-refractivity contribution in [1.82, 2.24) is 24.4 Å². The summed E-state index contributed by atoms with van der Waals surface area (Å²) in [6, 6.07) is 9.24. The van der Waals surface area contributed by atoms with Crippen LogP contribution in [0.5, 0.6) is 5.75 Å². The molecule has 2 N–H and O–H groups in total. The normalized spacial score (nSPS) is 11.6. The number of ether oxygens (including phenoxy) is 1. The molecule has 0 atom stereocenters. The molecule has 3 heterocycles. The van der Waals surface area contributed by atoms with Gasteiger partial charge in [0, 0.05) is 24.2 Å². The van der Waals surface area contributed by atoms with Crippen LogP contribution < -0.4 is 10.1 Å². The Morgan fingerprint density at radius 1 is 1.26 bits per heavy atom. The number of carbonyl (C=O) groups is 1. The molecule has 9 heteroatoms. The number of nitrogens with one attached hydrogen (secondary N) is 1. The van der Waals surface area contributed by atoms with Crippen molar-refractivity contribution in [3.8, 4) is 17.0 Å². The van der Waals surface area contributed by atoms with Crippen LogP contribution in [0.4, 0.5) is 5.69 Å². The summed E-state index contributed by atoms with van der Waals surface area (Å²) >= 11 is 0. The van der Waals surface area contributed by atoms with E-state index in [0.717, 1.165) is 5.56 Å². The summed E-state index contributed by atoms with van der Waals surface area (Å²) in [5.41, 5.74) is 1.62. The smallest absolute Gasteiger partial charge is 0.261 e. The monoisotopic (exact) mass is 420 g/mol. The zero-order valence-electron chi connectivity index (χ0n) is 17.6. The number of hydrogen-bond donors (Lipinski definition) is 2. The molecule has 4 rings (SSSR count). The molecule has 0 aliphatic rings. The van der Waals surface area contributed by atoms with Gasteiger partial charge in [0.1, 0.15) is 17.0 Å². The first-order chi connectivity index (χ1) is 14.9. The number of rotatable bonds is 7. The molecule has 0 aliphatic carbocycles. The number of benzene rings is 1. The lowest BCUT2D eigenvalue weighted by Crippen LogP contribution is -2.26. The number of amides is 1. The number of para-hydroxylation sites is 1. The molecule has 0 aliphatic heterocycles. The molecule has 0 fully saturated rings. The average Bonchev–Trinajstić information content (AvgIpc) is 3.31. The Morgan fingerprint density at radius 3 is 2.84 bits per heavy atom. The molecule has 0 spiro atoms. The van der Waals surface area contributed by atoms with Crippen LogP contribution in [0.3, 0.4) is 0 Å². The molecule has 160 valence electrons. The van der Waals surface area contributed by atoms with Crippen LogP contribution in [0, 0.1) is 0 Å². The number of anilines is 1. The summed E-state index contributed by atoms with van der Waals surface area (Å²) in [5, 5.41) is 22.0. The summed E-state index contributed by atoms with van der Waals surface area (Å²) in [4.78, 5) is 17.3. The quantitative estimate of drug-likeness (QED) is 0.476. The zero-order chi connectivity index (χ0) is 22.0. The van der Waals surface area contributed by atoms with Gasteiger partial charge in [0.25, 0.3) is 5.91 Å². The number of aromatic nitrogens is 5. The van der Waals surface area contributed by atoms with E-state index in [1.54, 1.807) is 43.2 Å². The van der Waals surface area contributed by atoms with Crippen molar-refractivity contribution in [3.05, 3.63) is 60.7 Å². The minimum Gasteiger partial charge on any atom is -0.493 e. The van der Waals surface area contributed by atoms with Gasteiger partial charge in [-0.2, -0.15) is 10.2 Å². The lowest BCUT2D eigenvalue weighted by atomic mass is 10.1. The molecule has 0 saturated carbocycles. The maximum atomic E-state index is 13.1. The highest BCUT2D eigenvalue weighted by atomic mass is 16.5. The fourth-order valence-corrected chi connectivity index (χ4v) is 3.31. The number of nitrogens with zero attached hydrogens (tertiary/aromatic N) is 5. The van der Waals surface area contributed by atoms with Gasteiger partial charge >= 0.3 is 0 Å². The molecule has 0 saturated heterocycles. The van der Waals surface area contributed by atoms with E-state index in [4.69, 9.17) is 4.74 Å². The molecular formula is C22H24N6O3. The van der Waals surface area contributed by atoms with Crippen LogP contribution in [0.1, 0.15) is 31.1 Å². The van der Waals surface area contributed by atoms with Crippen molar-refractivity contribution in [2.24, 2.45) is 0 Å². The molecular weight excluding hydrogens is 396 g/mol. The lowest BCUT2D eigenvalue weighted by Gasteiger charge is -2.16. The van der Waals surface area contributed by atoms with Gasteiger partial charge in [0.2, 0.25) is 0 Å². The first kappa shape index (κ1) is 20.5. The Morgan fingerprint density at radius 2 is 2.06 bits per heavy atom. The van der Waals surface area contributed by atoms with Crippen molar-refractivity contribution in [3.63, 3.8) is 0 Å². The lowest BCUT2D eigenvalue weighted by molar-refractivity contribution is 0.0578. The van der Waals surface area contributed by atoms with Crippen LogP contribution in [-0.2, 0) is 6.54 Å². The van der Waals surface area contributed by atoms with E-state index in [9.17, 15) is 9.90 Å². The number of hydrogen-bond acceptors (Lipinski definition) is 6. The fourth-order valence-electron chi connectivity index (χ4n) is 3.31. The van der Waals surface area contributed by atoms with E-state index in [1.807, 2.05) is 31.2 Å². The van der Waals surface area contributed by atoms with E-state index >= 15 is 0 Å². The third kappa shape index (κ3) is 4.41. The molecule has 0 unspecified atom stereocenters. The van der Waals surface area contributed by atoms with Crippen molar-refractivity contribution in [2.75, 3.05) is 11.9 Å². The van der Waals surface area contributed by atoms with Gasteiger partial charge in [-0.25, -0.2) is 9.50 Å². The van der Waals surface area contributed by atoms with E-state index in [0.29, 0.717) is 34.9 Å².